The van der Waals surface area contributed by atoms with Gasteiger partial charge in [0.1, 0.15) is 0 Å². The first kappa shape index (κ1) is 16.4. The molecule has 0 saturated heterocycles. The number of benzene rings is 2. The van der Waals surface area contributed by atoms with Crippen LogP contribution in [0.5, 0.6) is 0 Å². The molecule has 0 spiro atoms. The summed E-state index contributed by atoms with van der Waals surface area (Å²) in [5, 5.41) is 5.31. The Morgan fingerprint density at radius 1 is 1.12 bits per heavy atom. The molecule has 24 heavy (non-hydrogen) atoms. The summed E-state index contributed by atoms with van der Waals surface area (Å²) in [6.45, 7) is 0.613. The van der Waals surface area contributed by atoms with E-state index in [1.54, 1.807) is 7.11 Å². The lowest BCUT2D eigenvalue weighted by atomic mass is 10.1. The Morgan fingerprint density at radius 2 is 1.88 bits per heavy atom. The van der Waals surface area contributed by atoms with Crippen LogP contribution in [0.15, 0.2) is 60.0 Å². The van der Waals surface area contributed by atoms with Crippen LogP contribution >= 0.6 is 11.3 Å². The highest BCUT2D eigenvalue weighted by molar-refractivity contribution is 7.12. The fraction of sp³-hybridized carbons (Fsp3) is 0.158. The molecule has 0 bridgehead atoms. The van der Waals surface area contributed by atoms with Gasteiger partial charge in [0, 0.05) is 23.7 Å². The van der Waals surface area contributed by atoms with Crippen LogP contribution in [0.25, 0.3) is 11.3 Å². The highest BCUT2D eigenvalue weighted by Crippen LogP contribution is 2.23. The molecule has 0 atom stereocenters. The van der Waals surface area contributed by atoms with Gasteiger partial charge in [-0.3, -0.25) is 4.79 Å². The van der Waals surface area contributed by atoms with Gasteiger partial charge in [0.05, 0.1) is 12.3 Å². The number of anilines is 1. The first-order valence-electron chi connectivity index (χ1n) is 7.67. The van der Waals surface area contributed by atoms with Crippen LogP contribution in [0.1, 0.15) is 15.4 Å². The van der Waals surface area contributed by atoms with Crippen molar-refractivity contribution in [3.8, 4) is 11.3 Å². The lowest BCUT2D eigenvalue weighted by Crippen LogP contribution is -2.13. The fourth-order valence-electron chi connectivity index (χ4n) is 2.37. The van der Waals surface area contributed by atoms with Crippen molar-refractivity contribution in [1.29, 1.82) is 0 Å². The minimum Gasteiger partial charge on any atom is -0.384 e. The summed E-state index contributed by atoms with van der Waals surface area (Å²) in [5.74, 6) is -0.188. The summed E-state index contributed by atoms with van der Waals surface area (Å²) in [6.07, 6.45) is 0.750. The third-order valence-electron chi connectivity index (χ3n) is 3.61. The Labute approximate surface area is 145 Å². The molecule has 3 aromatic rings. The highest BCUT2D eigenvalue weighted by Gasteiger charge is 2.13. The van der Waals surface area contributed by atoms with E-state index in [4.69, 9.17) is 4.74 Å². The lowest BCUT2D eigenvalue weighted by molar-refractivity contribution is 0.102. The number of thiazole rings is 1. The SMILES string of the molecule is COCCc1ccccc1NC(=O)c1nc(-c2ccccc2)cs1. The smallest absolute Gasteiger partial charge is 0.284 e. The van der Waals surface area contributed by atoms with Crippen molar-refractivity contribution in [1.82, 2.24) is 4.98 Å². The van der Waals surface area contributed by atoms with E-state index in [1.165, 1.54) is 11.3 Å². The second kappa shape index (κ2) is 7.86. The Balaban J connectivity index is 1.75. The number of carbonyl (C=O) groups is 1. The molecule has 1 heterocycles. The molecule has 5 heteroatoms. The summed E-state index contributed by atoms with van der Waals surface area (Å²) < 4.78 is 5.12. The Bertz CT molecular complexity index is 815. The van der Waals surface area contributed by atoms with Crippen LogP contribution in [0.4, 0.5) is 5.69 Å². The summed E-state index contributed by atoms with van der Waals surface area (Å²) >= 11 is 1.35. The molecule has 1 amide bonds. The van der Waals surface area contributed by atoms with E-state index < -0.39 is 0 Å². The quantitative estimate of drug-likeness (QED) is 0.731. The van der Waals surface area contributed by atoms with E-state index >= 15 is 0 Å². The van der Waals surface area contributed by atoms with E-state index in [0.29, 0.717) is 11.6 Å². The number of rotatable bonds is 6. The molecule has 0 aliphatic heterocycles. The maximum absolute atomic E-state index is 12.5. The average Bonchev–Trinajstić information content (AvgIpc) is 3.12. The monoisotopic (exact) mass is 338 g/mol. The van der Waals surface area contributed by atoms with E-state index in [0.717, 1.165) is 28.9 Å². The predicted octanol–water partition coefficient (Wildman–Crippen LogP) is 4.25. The Hall–Kier alpha value is -2.50. The van der Waals surface area contributed by atoms with Crippen LogP contribution in [-0.2, 0) is 11.2 Å². The van der Waals surface area contributed by atoms with Gasteiger partial charge in [-0.2, -0.15) is 0 Å². The van der Waals surface area contributed by atoms with Crippen molar-refractivity contribution in [3.05, 3.63) is 70.5 Å². The van der Waals surface area contributed by atoms with E-state index in [1.807, 2.05) is 60.0 Å². The van der Waals surface area contributed by atoms with Crippen molar-refractivity contribution in [2.24, 2.45) is 0 Å². The molecular weight excluding hydrogens is 320 g/mol. The van der Waals surface area contributed by atoms with Crippen LogP contribution in [-0.4, -0.2) is 24.6 Å². The van der Waals surface area contributed by atoms with Crippen LogP contribution in [0.3, 0.4) is 0 Å². The van der Waals surface area contributed by atoms with Crippen molar-refractivity contribution in [2.45, 2.75) is 6.42 Å². The molecular formula is C19H18N2O2S. The largest absolute Gasteiger partial charge is 0.384 e. The minimum atomic E-state index is -0.188. The second-order valence-electron chi connectivity index (χ2n) is 5.26. The Kier molecular flexibility index (Phi) is 5.36. The zero-order valence-electron chi connectivity index (χ0n) is 13.4. The van der Waals surface area contributed by atoms with Gasteiger partial charge in [-0.25, -0.2) is 4.98 Å². The third kappa shape index (κ3) is 3.88. The number of nitrogens with one attached hydrogen (secondary N) is 1. The van der Waals surface area contributed by atoms with E-state index in [9.17, 15) is 4.79 Å². The number of amides is 1. The van der Waals surface area contributed by atoms with Crippen LogP contribution in [0.2, 0.25) is 0 Å². The maximum Gasteiger partial charge on any atom is 0.284 e. The average molecular weight is 338 g/mol. The second-order valence-corrected chi connectivity index (χ2v) is 6.12. The summed E-state index contributed by atoms with van der Waals surface area (Å²) in [6, 6.07) is 17.6. The molecule has 0 aliphatic rings. The number of aromatic nitrogens is 1. The molecule has 0 radical (unpaired) electrons. The predicted molar refractivity (Wildman–Crippen MR) is 97.5 cm³/mol. The number of ether oxygens (including phenoxy) is 1. The number of methoxy groups -OCH3 is 1. The zero-order valence-corrected chi connectivity index (χ0v) is 14.2. The van der Waals surface area contributed by atoms with Crippen molar-refractivity contribution in [2.75, 3.05) is 19.0 Å². The number of para-hydroxylation sites is 1. The number of hydrogen-bond donors (Lipinski definition) is 1. The molecule has 122 valence electrons. The minimum absolute atomic E-state index is 0.188. The maximum atomic E-state index is 12.5. The van der Waals surface area contributed by atoms with E-state index in [-0.39, 0.29) is 5.91 Å². The first-order chi connectivity index (χ1) is 11.8. The van der Waals surface area contributed by atoms with Gasteiger partial charge in [0.15, 0.2) is 5.01 Å². The molecule has 0 saturated carbocycles. The van der Waals surface area contributed by atoms with Gasteiger partial charge in [-0.05, 0) is 18.1 Å². The third-order valence-corrected chi connectivity index (χ3v) is 4.45. The summed E-state index contributed by atoms with van der Waals surface area (Å²) in [4.78, 5) is 16.9. The lowest BCUT2D eigenvalue weighted by Gasteiger charge is -2.09. The van der Waals surface area contributed by atoms with Gasteiger partial charge in [-0.15, -0.1) is 11.3 Å². The first-order valence-corrected chi connectivity index (χ1v) is 8.55. The summed E-state index contributed by atoms with van der Waals surface area (Å²) in [7, 11) is 1.67. The molecule has 1 N–H and O–H groups in total. The standard InChI is InChI=1S/C19H18N2O2S/c1-23-12-11-15-9-5-6-10-16(15)20-18(22)19-21-17(13-24-19)14-7-3-2-4-8-14/h2-10,13H,11-12H2,1H3,(H,20,22). The van der Waals surface area contributed by atoms with Gasteiger partial charge < -0.3 is 10.1 Å². The number of hydrogen-bond acceptors (Lipinski definition) is 4. The number of nitrogens with zero attached hydrogens (tertiary/aromatic N) is 1. The van der Waals surface area contributed by atoms with Crippen molar-refractivity contribution in [3.63, 3.8) is 0 Å². The van der Waals surface area contributed by atoms with Gasteiger partial charge in [0.25, 0.3) is 5.91 Å². The highest BCUT2D eigenvalue weighted by atomic mass is 32.1. The number of carbonyl (C=O) groups excluding carboxylic acids is 1. The van der Waals surface area contributed by atoms with Gasteiger partial charge >= 0.3 is 0 Å². The zero-order chi connectivity index (χ0) is 16.8. The van der Waals surface area contributed by atoms with E-state index in [2.05, 4.69) is 10.3 Å². The molecule has 2 aromatic carbocycles. The molecule has 1 aromatic heterocycles. The summed E-state index contributed by atoms with van der Waals surface area (Å²) in [5.41, 5.74) is 3.68. The fourth-order valence-corrected chi connectivity index (χ4v) is 3.09. The van der Waals surface area contributed by atoms with Crippen molar-refractivity contribution >= 4 is 22.9 Å². The molecule has 4 nitrogen and oxygen atoms in total. The molecule has 0 fully saturated rings. The molecule has 0 unspecified atom stereocenters. The molecule has 3 rings (SSSR count). The van der Waals surface area contributed by atoms with Crippen LogP contribution in [0, 0.1) is 0 Å². The molecule has 0 aliphatic carbocycles. The van der Waals surface area contributed by atoms with Gasteiger partial charge in [-0.1, -0.05) is 48.5 Å². The topological polar surface area (TPSA) is 51.2 Å². The van der Waals surface area contributed by atoms with Crippen molar-refractivity contribution < 1.29 is 9.53 Å². The van der Waals surface area contributed by atoms with Gasteiger partial charge in [0.2, 0.25) is 0 Å². The normalized spacial score (nSPS) is 10.5. The van der Waals surface area contributed by atoms with Crippen LogP contribution < -0.4 is 5.32 Å². The Morgan fingerprint density at radius 3 is 2.67 bits per heavy atom.